The third-order valence-electron chi connectivity index (χ3n) is 4.55. The second-order valence-electron chi connectivity index (χ2n) is 6.43. The molecule has 0 aliphatic carbocycles. The summed E-state index contributed by atoms with van der Waals surface area (Å²) >= 11 is 0. The molecule has 0 spiro atoms. The normalized spacial score (nSPS) is 11.7. The summed E-state index contributed by atoms with van der Waals surface area (Å²) in [5.74, 6) is -0.0310. The molecule has 2 aromatic carbocycles. The lowest BCUT2D eigenvalue weighted by Gasteiger charge is -2.16. The molecule has 0 aliphatic heterocycles. The van der Waals surface area contributed by atoms with Gasteiger partial charge in [0.15, 0.2) is 0 Å². The van der Waals surface area contributed by atoms with E-state index in [1.165, 1.54) is 22.4 Å². The number of nitrogens with one attached hydrogen (secondary N) is 1. The highest BCUT2D eigenvalue weighted by Crippen LogP contribution is 2.18. The Kier molecular flexibility index (Phi) is 6.15. The first kappa shape index (κ1) is 18.6. The first-order valence-electron chi connectivity index (χ1n) is 9.12. The molecule has 1 unspecified atom stereocenters. The van der Waals surface area contributed by atoms with Crippen LogP contribution in [0.5, 0.6) is 0 Å². The Hall–Kier alpha value is -3.21. The highest BCUT2D eigenvalue weighted by atomic mass is 16.2. The Morgan fingerprint density at radius 1 is 1.00 bits per heavy atom. The molecule has 1 atom stereocenters. The van der Waals surface area contributed by atoms with E-state index in [4.69, 9.17) is 0 Å². The van der Waals surface area contributed by atoms with E-state index in [2.05, 4.69) is 29.5 Å². The summed E-state index contributed by atoms with van der Waals surface area (Å²) < 4.78 is 1.32. The fraction of sp³-hybridized carbons (Fsp3) is 0.227. The van der Waals surface area contributed by atoms with E-state index >= 15 is 0 Å². The molecule has 3 aromatic rings. The number of hydrogen-bond acceptors (Lipinski definition) is 3. The Morgan fingerprint density at radius 2 is 1.67 bits per heavy atom. The lowest BCUT2D eigenvalue weighted by Crippen LogP contribution is -2.32. The van der Waals surface area contributed by atoms with Crippen molar-refractivity contribution in [3.8, 4) is 0 Å². The van der Waals surface area contributed by atoms with Crippen molar-refractivity contribution in [2.45, 2.75) is 25.8 Å². The van der Waals surface area contributed by atoms with Crippen molar-refractivity contribution in [3.63, 3.8) is 0 Å². The van der Waals surface area contributed by atoms with Gasteiger partial charge in [0.2, 0.25) is 0 Å². The summed E-state index contributed by atoms with van der Waals surface area (Å²) in [6, 6.07) is 22.6. The quantitative estimate of drug-likeness (QED) is 0.703. The molecular weight excluding hydrogens is 338 g/mol. The number of hydrogen-bond donors (Lipinski definition) is 1. The summed E-state index contributed by atoms with van der Waals surface area (Å²) in [4.78, 5) is 24.6. The van der Waals surface area contributed by atoms with Gasteiger partial charge in [-0.1, -0.05) is 67.6 Å². The number of carbonyl (C=O) groups is 1. The fourth-order valence-electron chi connectivity index (χ4n) is 2.97. The minimum Gasteiger partial charge on any atom is -0.350 e. The minimum absolute atomic E-state index is 0.230. The smallest absolute Gasteiger partial charge is 0.271 e. The van der Waals surface area contributed by atoms with Crippen LogP contribution in [0.1, 0.15) is 40.9 Å². The third kappa shape index (κ3) is 4.91. The van der Waals surface area contributed by atoms with Crippen LogP contribution in [-0.2, 0) is 6.54 Å². The van der Waals surface area contributed by atoms with E-state index in [1.54, 1.807) is 0 Å². The molecule has 0 radical (unpaired) electrons. The maximum atomic E-state index is 12.5. The van der Waals surface area contributed by atoms with E-state index in [1.807, 2.05) is 48.5 Å². The van der Waals surface area contributed by atoms with Crippen LogP contribution in [0.2, 0.25) is 0 Å². The van der Waals surface area contributed by atoms with Crippen LogP contribution in [0.3, 0.4) is 0 Å². The van der Waals surface area contributed by atoms with Crippen molar-refractivity contribution in [1.82, 2.24) is 15.1 Å². The molecule has 1 N–H and O–H groups in total. The molecule has 27 heavy (non-hydrogen) atoms. The van der Waals surface area contributed by atoms with Crippen LogP contribution in [0.4, 0.5) is 0 Å². The molecule has 5 heteroatoms. The molecule has 0 saturated heterocycles. The zero-order valence-electron chi connectivity index (χ0n) is 15.3. The van der Waals surface area contributed by atoms with Crippen LogP contribution in [-0.4, -0.2) is 22.2 Å². The molecule has 0 fully saturated rings. The van der Waals surface area contributed by atoms with Crippen LogP contribution < -0.4 is 10.9 Å². The van der Waals surface area contributed by atoms with E-state index in [9.17, 15) is 9.59 Å². The van der Waals surface area contributed by atoms with Crippen LogP contribution in [0, 0.1) is 0 Å². The van der Waals surface area contributed by atoms with Gasteiger partial charge in [-0.3, -0.25) is 9.59 Å². The summed E-state index contributed by atoms with van der Waals surface area (Å²) in [5, 5.41) is 7.18. The molecule has 1 amide bonds. The van der Waals surface area contributed by atoms with Gasteiger partial charge in [0.05, 0.1) is 6.54 Å². The molecule has 3 rings (SSSR count). The monoisotopic (exact) mass is 361 g/mol. The second kappa shape index (κ2) is 8.94. The van der Waals surface area contributed by atoms with Crippen molar-refractivity contribution < 1.29 is 4.79 Å². The van der Waals surface area contributed by atoms with Gasteiger partial charge in [-0.2, -0.15) is 5.10 Å². The van der Waals surface area contributed by atoms with E-state index in [0.717, 1.165) is 12.0 Å². The SMILES string of the molecule is CCC(CNC(=O)c1ccc(=O)n(Cc2ccccc2)n1)c1ccccc1. The highest BCUT2D eigenvalue weighted by Gasteiger charge is 2.14. The van der Waals surface area contributed by atoms with Gasteiger partial charge in [0.1, 0.15) is 5.69 Å². The van der Waals surface area contributed by atoms with E-state index in [0.29, 0.717) is 13.1 Å². The van der Waals surface area contributed by atoms with Crippen LogP contribution in [0.15, 0.2) is 77.6 Å². The molecule has 5 nitrogen and oxygen atoms in total. The first-order chi connectivity index (χ1) is 13.2. The van der Waals surface area contributed by atoms with Crippen molar-refractivity contribution in [2.75, 3.05) is 6.54 Å². The molecule has 1 heterocycles. The van der Waals surface area contributed by atoms with E-state index < -0.39 is 0 Å². The molecular formula is C22H23N3O2. The molecule has 138 valence electrons. The van der Waals surface area contributed by atoms with Crippen molar-refractivity contribution in [1.29, 1.82) is 0 Å². The Bertz CT molecular complexity index is 937. The number of carbonyl (C=O) groups excluding carboxylic acids is 1. The second-order valence-corrected chi connectivity index (χ2v) is 6.43. The molecule has 1 aromatic heterocycles. The number of nitrogens with zero attached hydrogens (tertiary/aromatic N) is 2. The maximum Gasteiger partial charge on any atom is 0.271 e. The Balaban J connectivity index is 1.69. The van der Waals surface area contributed by atoms with Crippen molar-refractivity contribution >= 4 is 5.91 Å². The van der Waals surface area contributed by atoms with Gasteiger partial charge in [0, 0.05) is 18.5 Å². The average molecular weight is 361 g/mol. The molecule has 0 bridgehead atoms. The predicted molar refractivity (Wildman–Crippen MR) is 106 cm³/mol. The fourth-order valence-corrected chi connectivity index (χ4v) is 2.97. The van der Waals surface area contributed by atoms with Gasteiger partial charge in [-0.05, 0) is 23.6 Å². The Labute approximate surface area is 158 Å². The van der Waals surface area contributed by atoms with Crippen molar-refractivity contribution in [3.05, 3.63) is 100.0 Å². The lowest BCUT2D eigenvalue weighted by atomic mass is 9.96. The van der Waals surface area contributed by atoms with Gasteiger partial charge in [-0.15, -0.1) is 0 Å². The summed E-state index contributed by atoms with van der Waals surface area (Å²) in [6.45, 7) is 2.96. The van der Waals surface area contributed by atoms with E-state index in [-0.39, 0.29) is 23.1 Å². The average Bonchev–Trinajstić information content (AvgIpc) is 2.71. The summed E-state index contributed by atoms with van der Waals surface area (Å²) in [7, 11) is 0. The van der Waals surface area contributed by atoms with Crippen molar-refractivity contribution in [2.24, 2.45) is 0 Å². The number of aromatic nitrogens is 2. The number of benzene rings is 2. The summed E-state index contributed by atoms with van der Waals surface area (Å²) in [5.41, 5.74) is 2.17. The maximum absolute atomic E-state index is 12.5. The topological polar surface area (TPSA) is 64.0 Å². The molecule has 0 aliphatic rings. The van der Waals surface area contributed by atoms with Gasteiger partial charge >= 0.3 is 0 Å². The minimum atomic E-state index is -0.272. The zero-order valence-corrected chi connectivity index (χ0v) is 15.3. The van der Waals surface area contributed by atoms with Gasteiger partial charge in [-0.25, -0.2) is 4.68 Å². The summed E-state index contributed by atoms with van der Waals surface area (Å²) in [6.07, 6.45) is 0.922. The first-order valence-corrected chi connectivity index (χ1v) is 9.12. The Morgan fingerprint density at radius 3 is 2.33 bits per heavy atom. The third-order valence-corrected chi connectivity index (χ3v) is 4.55. The van der Waals surface area contributed by atoms with Crippen LogP contribution >= 0.6 is 0 Å². The standard InChI is InChI=1S/C22H23N3O2/c1-2-18(19-11-7-4-8-12-19)15-23-22(27)20-13-14-21(26)25(24-20)16-17-9-5-3-6-10-17/h3-14,18H,2,15-16H2,1H3,(H,23,27). The number of amides is 1. The highest BCUT2D eigenvalue weighted by molar-refractivity contribution is 5.92. The lowest BCUT2D eigenvalue weighted by molar-refractivity contribution is 0.0943. The van der Waals surface area contributed by atoms with Crippen LogP contribution in [0.25, 0.3) is 0 Å². The number of rotatable bonds is 7. The molecule has 0 saturated carbocycles. The zero-order chi connectivity index (χ0) is 19.1. The largest absolute Gasteiger partial charge is 0.350 e. The predicted octanol–water partition coefficient (Wildman–Crippen LogP) is 3.22. The van der Waals surface area contributed by atoms with Gasteiger partial charge in [0.25, 0.3) is 11.5 Å². The van der Waals surface area contributed by atoms with Gasteiger partial charge < -0.3 is 5.32 Å².